The van der Waals surface area contributed by atoms with Crippen LogP contribution in [0.2, 0.25) is 0 Å². The van der Waals surface area contributed by atoms with Gasteiger partial charge in [-0.2, -0.15) is 15.1 Å². The van der Waals surface area contributed by atoms with Crippen LogP contribution in [0.1, 0.15) is 37.6 Å². The average Bonchev–Trinajstić information content (AvgIpc) is 2.85. The van der Waals surface area contributed by atoms with E-state index in [4.69, 9.17) is 0 Å². The summed E-state index contributed by atoms with van der Waals surface area (Å²) in [6.07, 6.45) is 2.33. The molecule has 1 fully saturated rings. The topological polar surface area (TPSA) is 93.0 Å². The standard InChI is InChI=1S/C16H20N6O2/c1-10-8-11(2)22(20-10)16-18-13(17-12(3)23)9-14(19-16)21-7-5-4-6-15(21)24/h8-9H,4-7H2,1-3H3,(H,17,18,19,23). The van der Waals surface area contributed by atoms with Gasteiger partial charge in [-0.25, -0.2) is 4.68 Å². The molecular weight excluding hydrogens is 308 g/mol. The molecule has 2 aromatic rings. The number of hydrogen-bond donors (Lipinski definition) is 1. The van der Waals surface area contributed by atoms with Crippen molar-refractivity contribution < 1.29 is 9.59 Å². The van der Waals surface area contributed by atoms with Crippen LogP contribution in [-0.4, -0.2) is 38.1 Å². The van der Waals surface area contributed by atoms with Crippen molar-refractivity contribution in [3.63, 3.8) is 0 Å². The van der Waals surface area contributed by atoms with Crippen LogP contribution >= 0.6 is 0 Å². The third-order valence-corrected chi connectivity index (χ3v) is 3.80. The Hall–Kier alpha value is -2.77. The molecule has 2 amide bonds. The van der Waals surface area contributed by atoms with Crippen molar-refractivity contribution in [3.05, 3.63) is 23.5 Å². The van der Waals surface area contributed by atoms with Gasteiger partial charge in [0.1, 0.15) is 11.6 Å². The number of amides is 2. The lowest BCUT2D eigenvalue weighted by Gasteiger charge is -2.26. The average molecular weight is 328 g/mol. The second-order valence-corrected chi connectivity index (χ2v) is 5.93. The summed E-state index contributed by atoms with van der Waals surface area (Å²) in [6, 6.07) is 3.54. The molecule has 0 spiro atoms. The Balaban J connectivity index is 2.08. The lowest BCUT2D eigenvalue weighted by atomic mass is 10.1. The summed E-state index contributed by atoms with van der Waals surface area (Å²) < 4.78 is 1.61. The molecule has 8 nitrogen and oxygen atoms in total. The van der Waals surface area contributed by atoms with Crippen LogP contribution < -0.4 is 10.2 Å². The zero-order valence-electron chi connectivity index (χ0n) is 14.0. The fourth-order valence-corrected chi connectivity index (χ4v) is 2.78. The molecular formula is C16H20N6O2. The largest absolute Gasteiger partial charge is 0.311 e. The summed E-state index contributed by atoms with van der Waals surface area (Å²) in [6.45, 7) is 5.82. The van der Waals surface area contributed by atoms with Gasteiger partial charge in [0, 0.05) is 31.6 Å². The molecule has 0 atom stereocenters. The maximum atomic E-state index is 12.2. The maximum absolute atomic E-state index is 12.2. The van der Waals surface area contributed by atoms with E-state index in [2.05, 4.69) is 20.4 Å². The lowest BCUT2D eigenvalue weighted by molar-refractivity contribution is -0.119. The first-order chi connectivity index (χ1) is 11.4. The van der Waals surface area contributed by atoms with Gasteiger partial charge in [0.25, 0.3) is 5.95 Å². The predicted molar refractivity (Wildman–Crippen MR) is 89.1 cm³/mol. The molecule has 0 aliphatic carbocycles. The quantitative estimate of drug-likeness (QED) is 0.926. The summed E-state index contributed by atoms with van der Waals surface area (Å²) in [5.74, 6) is 0.978. The Bertz CT molecular complexity index is 798. The van der Waals surface area contributed by atoms with Gasteiger partial charge in [-0.3, -0.25) is 14.5 Å². The van der Waals surface area contributed by atoms with Crippen molar-refractivity contribution in [2.24, 2.45) is 0 Å². The van der Waals surface area contributed by atoms with Crippen LogP contribution in [0.3, 0.4) is 0 Å². The molecule has 1 N–H and O–H groups in total. The summed E-state index contributed by atoms with van der Waals surface area (Å²) in [7, 11) is 0. The molecule has 0 radical (unpaired) electrons. The van der Waals surface area contributed by atoms with Crippen molar-refractivity contribution in [2.75, 3.05) is 16.8 Å². The molecule has 0 bridgehead atoms. The molecule has 0 aromatic carbocycles. The third-order valence-electron chi connectivity index (χ3n) is 3.80. The number of piperidine rings is 1. The van der Waals surface area contributed by atoms with E-state index in [0.717, 1.165) is 24.2 Å². The molecule has 1 aliphatic rings. The number of nitrogens with zero attached hydrogens (tertiary/aromatic N) is 5. The number of hydrogen-bond acceptors (Lipinski definition) is 5. The minimum Gasteiger partial charge on any atom is -0.311 e. The Morgan fingerprint density at radius 1 is 1.21 bits per heavy atom. The fraction of sp³-hybridized carbons (Fsp3) is 0.438. The molecule has 3 heterocycles. The number of nitrogens with one attached hydrogen (secondary N) is 1. The monoisotopic (exact) mass is 328 g/mol. The lowest BCUT2D eigenvalue weighted by Crippen LogP contribution is -2.36. The van der Waals surface area contributed by atoms with E-state index in [1.165, 1.54) is 6.92 Å². The van der Waals surface area contributed by atoms with Crippen molar-refractivity contribution in [3.8, 4) is 5.95 Å². The molecule has 0 unspecified atom stereocenters. The minimum atomic E-state index is -0.232. The van der Waals surface area contributed by atoms with Gasteiger partial charge in [0.15, 0.2) is 0 Å². The Labute approximate surface area is 139 Å². The van der Waals surface area contributed by atoms with Crippen LogP contribution in [0.5, 0.6) is 0 Å². The molecule has 8 heteroatoms. The van der Waals surface area contributed by atoms with Crippen LogP contribution in [0.25, 0.3) is 5.95 Å². The Morgan fingerprint density at radius 3 is 2.62 bits per heavy atom. The van der Waals surface area contributed by atoms with Gasteiger partial charge in [-0.15, -0.1) is 0 Å². The van der Waals surface area contributed by atoms with Gasteiger partial charge in [0.2, 0.25) is 11.8 Å². The van der Waals surface area contributed by atoms with Crippen LogP contribution in [-0.2, 0) is 9.59 Å². The normalized spacial score (nSPS) is 14.8. The summed E-state index contributed by atoms with van der Waals surface area (Å²) in [5.41, 5.74) is 1.72. The van der Waals surface area contributed by atoms with Crippen molar-refractivity contribution >= 4 is 23.5 Å². The highest BCUT2D eigenvalue weighted by atomic mass is 16.2. The Morgan fingerprint density at radius 2 is 2.00 bits per heavy atom. The highest BCUT2D eigenvalue weighted by Crippen LogP contribution is 2.23. The van der Waals surface area contributed by atoms with E-state index in [0.29, 0.717) is 30.5 Å². The van der Waals surface area contributed by atoms with E-state index in [1.807, 2.05) is 19.9 Å². The van der Waals surface area contributed by atoms with E-state index >= 15 is 0 Å². The second kappa shape index (κ2) is 6.38. The van der Waals surface area contributed by atoms with Gasteiger partial charge in [0.05, 0.1) is 5.69 Å². The van der Waals surface area contributed by atoms with Gasteiger partial charge >= 0.3 is 0 Å². The van der Waals surface area contributed by atoms with E-state index in [9.17, 15) is 9.59 Å². The summed E-state index contributed by atoms with van der Waals surface area (Å²) >= 11 is 0. The molecule has 24 heavy (non-hydrogen) atoms. The molecule has 0 saturated carbocycles. The van der Waals surface area contributed by atoms with Crippen molar-refractivity contribution in [2.45, 2.75) is 40.0 Å². The van der Waals surface area contributed by atoms with Gasteiger partial charge in [-0.05, 0) is 32.8 Å². The highest BCUT2D eigenvalue weighted by Gasteiger charge is 2.23. The van der Waals surface area contributed by atoms with Gasteiger partial charge < -0.3 is 5.32 Å². The fourth-order valence-electron chi connectivity index (χ4n) is 2.78. The summed E-state index contributed by atoms with van der Waals surface area (Å²) in [5, 5.41) is 7.05. The van der Waals surface area contributed by atoms with E-state index in [1.54, 1.807) is 15.6 Å². The molecule has 1 aliphatic heterocycles. The first kappa shape index (κ1) is 16.1. The first-order valence-corrected chi connectivity index (χ1v) is 7.95. The Kier molecular flexibility index (Phi) is 4.28. The number of carbonyl (C=O) groups is 2. The zero-order valence-corrected chi connectivity index (χ0v) is 14.0. The van der Waals surface area contributed by atoms with Gasteiger partial charge in [-0.1, -0.05) is 0 Å². The number of carbonyl (C=O) groups excluding carboxylic acids is 2. The van der Waals surface area contributed by atoms with Crippen LogP contribution in [0, 0.1) is 13.8 Å². The first-order valence-electron chi connectivity index (χ1n) is 7.95. The van der Waals surface area contributed by atoms with Crippen molar-refractivity contribution in [1.29, 1.82) is 0 Å². The molecule has 126 valence electrons. The number of aromatic nitrogens is 4. The third kappa shape index (κ3) is 3.27. The second-order valence-electron chi connectivity index (χ2n) is 5.93. The van der Waals surface area contributed by atoms with E-state index in [-0.39, 0.29) is 11.8 Å². The maximum Gasteiger partial charge on any atom is 0.254 e. The number of aryl methyl sites for hydroxylation is 2. The molecule has 1 saturated heterocycles. The van der Waals surface area contributed by atoms with Crippen LogP contribution in [0.4, 0.5) is 11.6 Å². The smallest absolute Gasteiger partial charge is 0.254 e. The predicted octanol–water partition coefficient (Wildman–Crippen LogP) is 1.75. The summed E-state index contributed by atoms with van der Waals surface area (Å²) in [4.78, 5) is 34.1. The number of anilines is 2. The van der Waals surface area contributed by atoms with Crippen molar-refractivity contribution in [1.82, 2.24) is 19.7 Å². The molecule has 3 rings (SSSR count). The minimum absolute atomic E-state index is 0.0352. The molecule has 2 aromatic heterocycles. The highest BCUT2D eigenvalue weighted by molar-refractivity contribution is 5.94. The zero-order chi connectivity index (χ0) is 17.3. The van der Waals surface area contributed by atoms with Crippen LogP contribution in [0.15, 0.2) is 12.1 Å². The van der Waals surface area contributed by atoms with E-state index < -0.39 is 0 Å². The SMILES string of the molecule is CC(=O)Nc1cc(N2CCCCC2=O)nc(-n2nc(C)cc2C)n1. The number of rotatable bonds is 3.